The van der Waals surface area contributed by atoms with E-state index in [-0.39, 0.29) is 24.1 Å². The maximum Gasteiger partial charge on any atom is 0.264 e. The Morgan fingerprint density at radius 2 is 1.81 bits per heavy atom. The quantitative estimate of drug-likeness (QED) is 0.624. The Labute approximate surface area is 171 Å². The highest BCUT2D eigenvalue weighted by atomic mass is 35.5. The zero-order valence-corrected chi connectivity index (χ0v) is 17.0. The van der Waals surface area contributed by atoms with E-state index in [1.165, 1.54) is 23.5 Å². The molecule has 0 unspecified atom stereocenters. The van der Waals surface area contributed by atoms with Crippen molar-refractivity contribution >= 4 is 41.0 Å². The first-order chi connectivity index (χ1) is 12.7. The summed E-state index contributed by atoms with van der Waals surface area (Å²) in [6, 6.07) is 10.2. The maximum atomic E-state index is 13.0. The van der Waals surface area contributed by atoms with Gasteiger partial charge in [0.2, 0.25) is 0 Å². The largest absolute Gasteiger partial charge is 0.335 e. The Balaban J connectivity index is 0.00000210. The number of thiazole rings is 1. The summed E-state index contributed by atoms with van der Waals surface area (Å²) in [5.74, 6) is -0.105. The van der Waals surface area contributed by atoms with Gasteiger partial charge in [-0.05, 0) is 35.7 Å². The molecule has 27 heavy (non-hydrogen) atoms. The summed E-state index contributed by atoms with van der Waals surface area (Å²) < 4.78 is 13.0. The number of thiophene rings is 1. The fraction of sp³-hybridized carbons (Fsp3) is 0.263. The molecule has 1 fully saturated rings. The van der Waals surface area contributed by atoms with Crippen LogP contribution in [-0.2, 0) is 6.54 Å². The third-order valence-electron chi connectivity index (χ3n) is 4.44. The first kappa shape index (κ1) is 19.9. The molecular weight excluding hydrogens is 405 g/mol. The second-order valence-electron chi connectivity index (χ2n) is 6.18. The molecular formula is C19H19ClFN3OS2. The number of carbonyl (C=O) groups is 1. The molecule has 0 saturated carbocycles. The van der Waals surface area contributed by atoms with Crippen molar-refractivity contribution in [3.05, 3.63) is 62.9 Å². The van der Waals surface area contributed by atoms with Crippen LogP contribution in [0.25, 0.3) is 11.3 Å². The van der Waals surface area contributed by atoms with Crippen LogP contribution < -0.4 is 0 Å². The van der Waals surface area contributed by atoms with Crippen molar-refractivity contribution in [3.8, 4) is 11.3 Å². The van der Waals surface area contributed by atoms with Gasteiger partial charge < -0.3 is 4.90 Å². The molecule has 1 amide bonds. The molecule has 4 nitrogen and oxygen atoms in total. The van der Waals surface area contributed by atoms with Gasteiger partial charge in [0.25, 0.3) is 5.91 Å². The summed E-state index contributed by atoms with van der Waals surface area (Å²) in [7, 11) is 0. The summed E-state index contributed by atoms with van der Waals surface area (Å²) in [6.45, 7) is 3.97. The molecule has 8 heteroatoms. The monoisotopic (exact) mass is 423 g/mol. The van der Waals surface area contributed by atoms with Crippen molar-refractivity contribution in [3.63, 3.8) is 0 Å². The highest BCUT2D eigenvalue weighted by Crippen LogP contribution is 2.23. The number of hydrogen-bond acceptors (Lipinski definition) is 5. The number of aromatic nitrogens is 1. The second-order valence-corrected chi connectivity index (χ2v) is 8.07. The van der Waals surface area contributed by atoms with Gasteiger partial charge in [-0.2, -0.15) is 0 Å². The summed E-state index contributed by atoms with van der Waals surface area (Å²) in [6.07, 6.45) is 0. The molecule has 1 aromatic carbocycles. The SMILES string of the molecule is Cl.O=C(c1cccs1)N1CCN(Cc2nc(-c3ccc(F)cc3)cs2)CC1. The van der Waals surface area contributed by atoms with E-state index in [0.29, 0.717) is 0 Å². The third-order valence-corrected chi connectivity index (χ3v) is 6.13. The Hall–Kier alpha value is -1.80. The number of hydrogen-bond donors (Lipinski definition) is 0. The van der Waals surface area contributed by atoms with Crippen molar-refractivity contribution in [1.82, 2.24) is 14.8 Å². The van der Waals surface area contributed by atoms with E-state index >= 15 is 0 Å². The molecule has 1 aliphatic rings. The molecule has 4 rings (SSSR count). The number of nitrogens with zero attached hydrogens (tertiary/aromatic N) is 3. The van der Waals surface area contributed by atoms with E-state index < -0.39 is 0 Å². The van der Waals surface area contributed by atoms with Crippen LogP contribution >= 0.6 is 35.1 Å². The third kappa shape index (κ3) is 4.73. The van der Waals surface area contributed by atoms with Gasteiger partial charge in [0.1, 0.15) is 10.8 Å². The lowest BCUT2D eigenvalue weighted by Gasteiger charge is -2.34. The van der Waals surface area contributed by atoms with Gasteiger partial charge >= 0.3 is 0 Å². The van der Waals surface area contributed by atoms with Crippen LogP contribution in [0.1, 0.15) is 14.7 Å². The zero-order chi connectivity index (χ0) is 17.9. The van der Waals surface area contributed by atoms with Gasteiger partial charge in [0, 0.05) is 37.1 Å². The topological polar surface area (TPSA) is 36.4 Å². The lowest BCUT2D eigenvalue weighted by atomic mass is 10.2. The molecule has 0 aliphatic carbocycles. The zero-order valence-electron chi connectivity index (χ0n) is 14.5. The minimum Gasteiger partial charge on any atom is -0.335 e. The number of amides is 1. The van der Waals surface area contributed by atoms with Gasteiger partial charge in [0.15, 0.2) is 0 Å². The minimum absolute atomic E-state index is 0. The molecule has 3 heterocycles. The summed E-state index contributed by atoms with van der Waals surface area (Å²) in [4.78, 5) is 22.1. The van der Waals surface area contributed by atoms with E-state index in [1.807, 2.05) is 27.8 Å². The van der Waals surface area contributed by atoms with Crippen molar-refractivity contribution in [2.75, 3.05) is 26.2 Å². The van der Waals surface area contributed by atoms with E-state index in [1.54, 1.807) is 23.5 Å². The predicted octanol–water partition coefficient (Wildman–Crippen LogP) is 4.39. The summed E-state index contributed by atoms with van der Waals surface area (Å²) >= 11 is 3.11. The lowest BCUT2D eigenvalue weighted by molar-refractivity contribution is 0.0633. The molecule has 0 bridgehead atoms. The average Bonchev–Trinajstić information content (AvgIpc) is 3.35. The fourth-order valence-electron chi connectivity index (χ4n) is 2.99. The molecule has 3 aromatic rings. The smallest absolute Gasteiger partial charge is 0.264 e. The van der Waals surface area contributed by atoms with Gasteiger partial charge in [-0.1, -0.05) is 6.07 Å². The van der Waals surface area contributed by atoms with Crippen LogP contribution in [-0.4, -0.2) is 46.9 Å². The predicted molar refractivity (Wildman–Crippen MR) is 110 cm³/mol. The van der Waals surface area contributed by atoms with E-state index in [4.69, 9.17) is 0 Å². The van der Waals surface area contributed by atoms with Crippen LogP contribution in [0, 0.1) is 5.82 Å². The van der Waals surface area contributed by atoms with E-state index in [9.17, 15) is 9.18 Å². The van der Waals surface area contributed by atoms with Crippen molar-refractivity contribution < 1.29 is 9.18 Å². The Morgan fingerprint density at radius 3 is 2.48 bits per heavy atom. The van der Waals surface area contributed by atoms with Gasteiger partial charge in [-0.25, -0.2) is 9.37 Å². The van der Waals surface area contributed by atoms with Gasteiger partial charge in [0.05, 0.1) is 17.1 Å². The first-order valence-electron chi connectivity index (χ1n) is 8.44. The van der Waals surface area contributed by atoms with Crippen molar-refractivity contribution in [2.24, 2.45) is 0 Å². The van der Waals surface area contributed by atoms with E-state index in [2.05, 4.69) is 9.88 Å². The van der Waals surface area contributed by atoms with Crippen LogP contribution in [0.15, 0.2) is 47.2 Å². The summed E-state index contributed by atoms with van der Waals surface area (Å²) in [5, 5.41) is 4.99. The fourth-order valence-corrected chi connectivity index (χ4v) is 4.53. The van der Waals surface area contributed by atoms with Crippen LogP contribution in [0.3, 0.4) is 0 Å². The standard InChI is InChI=1S/C19H18FN3OS2.ClH/c20-15-5-3-14(4-6-15)16-13-26-18(21-16)12-22-7-9-23(10-8-22)19(24)17-2-1-11-25-17;/h1-6,11,13H,7-10,12H2;1H. The van der Waals surface area contributed by atoms with Crippen LogP contribution in [0.5, 0.6) is 0 Å². The molecule has 0 N–H and O–H groups in total. The number of piperazine rings is 1. The second kappa shape index (κ2) is 8.93. The molecule has 0 radical (unpaired) electrons. The first-order valence-corrected chi connectivity index (χ1v) is 10.2. The number of carbonyl (C=O) groups excluding carboxylic acids is 1. The normalized spacial score (nSPS) is 14.8. The number of rotatable bonds is 4. The molecule has 142 valence electrons. The van der Waals surface area contributed by atoms with Crippen LogP contribution in [0.2, 0.25) is 0 Å². The Kier molecular flexibility index (Phi) is 6.59. The Bertz CT molecular complexity index is 875. The molecule has 0 spiro atoms. The highest BCUT2D eigenvalue weighted by molar-refractivity contribution is 7.12. The van der Waals surface area contributed by atoms with E-state index in [0.717, 1.165) is 53.9 Å². The number of halogens is 2. The minimum atomic E-state index is -0.237. The molecule has 1 aliphatic heterocycles. The van der Waals surface area contributed by atoms with Crippen molar-refractivity contribution in [1.29, 1.82) is 0 Å². The van der Waals surface area contributed by atoms with Gasteiger partial charge in [-0.15, -0.1) is 35.1 Å². The molecule has 1 saturated heterocycles. The molecule has 2 aromatic heterocycles. The maximum absolute atomic E-state index is 13.0. The molecule has 0 atom stereocenters. The van der Waals surface area contributed by atoms with Crippen LogP contribution in [0.4, 0.5) is 4.39 Å². The lowest BCUT2D eigenvalue weighted by Crippen LogP contribution is -2.48. The van der Waals surface area contributed by atoms with Gasteiger partial charge in [-0.3, -0.25) is 9.69 Å². The highest BCUT2D eigenvalue weighted by Gasteiger charge is 2.23. The van der Waals surface area contributed by atoms with Crippen molar-refractivity contribution in [2.45, 2.75) is 6.54 Å². The Morgan fingerprint density at radius 1 is 1.07 bits per heavy atom. The number of benzene rings is 1. The average molecular weight is 424 g/mol. The summed E-state index contributed by atoms with van der Waals surface area (Å²) in [5.41, 5.74) is 1.82.